The molecule has 2 rings (SSSR count). The molecule has 0 fully saturated rings. The lowest BCUT2D eigenvalue weighted by Gasteiger charge is -2.05. The van der Waals surface area contributed by atoms with Gasteiger partial charge in [-0.2, -0.15) is 28.1 Å². The molecule has 2 heterocycles. The average Bonchev–Trinajstić information content (AvgIpc) is 2.88. The molecule has 108 valence electrons. The number of nitrogens with zero attached hydrogens (tertiary/aromatic N) is 4. The molecule has 2 aromatic heterocycles. The summed E-state index contributed by atoms with van der Waals surface area (Å²) < 4.78 is 42.7. The Balaban J connectivity index is 2.41. The first-order valence-electron chi connectivity index (χ1n) is 5.54. The van der Waals surface area contributed by atoms with E-state index < -0.39 is 11.2 Å². The topological polar surface area (TPSA) is 72.8 Å². The molecule has 6 nitrogen and oxygen atoms in total. The highest BCUT2D eigenvalue weighted by Gasteiger charge is 2.35. The van der Waals surface area contributed by atoms with Crippen molar-refractivity contribution in [2.75, 3.05) is 19.0 Å². The van der Waals surface area contributed by atoms with Crippen molar-refractivity contribution in [2.45, 2.75) is 13.1 Å². The van der Waals surface area contributed by atoms with E-state index in [0.717, 1.165) is 6.20 Å². The summed E-state index contributed by atoms with van der Waals surface area (Å²) in [6.07, 6.45) is -3.40. The Labute approximate surface area is 116 Å². The Morgan fingerprint density at radius 2 is 2.05 bits per heavy atom. The van der Waals surface area contributed by atoms with Gasteiger partial charge in [0.25, 0.3) is 0 Å². The first kappa shape index (κ1) is 14.4. The number of thiazole rings is 1. The molecule has 0 saturated carbocycles. The molecule has 0 aliphatic heterocycles. The summed E-state index contributed by atoms with van der Waals surface area (Å²) in [7, 11) is 1.59. The van der Waals surface area contributed by atoms with Crippen LogP contribution in [0.1, 0.15) is 11.9 Å². The van der Waals surface area contributed by atoms with Gasteiger partial charge in [-0.05, 0) is 6.92 Å². The van der Waals surface area contributed by atoms with Crippen LogP contribution in [0.25, 0.3) is 10.7 Å². The molecule has 0 aromatic carbocycles. The van der Waals surface area contributed by atoms with Crippen molar-refractivity contribution >= 4 is 17.3 Å². The van der Waals surface area contributed by atoms with E-state index in [2.05, 4.69) is 25.3 Å². The Morgan fingerprint density at radius 1 is 1.30 bits per heavy atom. The first-order chi connectivity index (χ1) is 9.44. The third kappa shape index (κ3) is 3.13. The molecule has 0 unspecified atom stereocenters. The van der Waals surface area contributed by atoms with E-state index in [0.29, 0.717) is 17.9 Å². The van der Waals surface area contributed by atoms with Gasteiger partial charge in [-0.25, -0.2) is 4.98 Å². The fourth-order valence-corrected chi connectivity index (χ4v) is 2.00. The Hall–Kier alpha value is -1.97. The predicted octanol–water partition coefficient (Wildman–Crippen LogP) is 2.45. The van der Waals surface area contributed by atoms with Gasteiger partial charge in [0.1, 0.15) is 0 Å². The van der Waals surface area contributed by atoms with Crippen LogP contribution in [0.2, 0.25) is 0 Å². The van der Waals surface area contributed by atoms with Crippen molar-refractivity contribution < 1.29 is 17.9 Å². The van der Waals surface area contributed by atoms with Crippen molar-refractivity contribution in [1.82, 2.24) is 19.9 Å². The number of aromatic nitrogens is 4. The molecule has 1 N–H and O–H groups in total. The second-order valence-electron chi connectivity index (χ2n) is 3.48. The molecular weight excluding hydrogens is 295 g/mol. The Bertz CT molecular complexity index is 601. The second kappa shape index (κ2) is 5.57. The summed E-state index contributed by atoms with van der Waals surface area (Å²) in [5.74, 6) is 0.293. The molecule has 0 bridgehead atoms. The van der Waals surface area contributed by atoms with E-state index in [4.69, 9.17) is 4.74 Å². The number of halogens is 3. The first-order valence-corrected chi connectivity index (χ1v) is 6.35. The highest BCUT2D eigenvalue weighted by Crippen LogP contribution is 2.35. The zero-order valence-electron chi connectivity index (χ0n) is 10.5. The number of hydrogen-bond donors (Lipinski definition) is 1. The van der Waals surface area contributed by atoms with E-state index in [1.165, 1.54) is 0 Å². The van der Waals surface area contributed by atoms with E-state index >= 15 is 0 Å². The highest BCUT2D eigenvalue weighted by atomic mass is 32.1. The molecule has 0 amide bonds. The smallest absolute Gasteiger partial charge is 0.443 e. The fourth-order valence-electron chi connectivity index (χ4n) is 1.28. The van der Waals surface area contributed by atoms with Gasteiger partial charge in [-0.3, -0.25) is 0 Å². The number of hydrogen-bond acceptors (Lipinski definition) is 7. The third-order valence-corrected chi connectivity index (χ3v) is 3.12. The lowest BCUT2D eigenvalue weighted by atomic mass is 10.5. The molecule has 10 heteroatoms. The maximum Gasteiger partial charge on any atom is 0.443 e. The number of rotatable bonds is 4. The molecule has 0 spiro atoms. The zero-order chi connectivity index (χ0) is 14.8. The van der Waals surface area contributed by atoms with Crippen LogP contribution in [-0.4, -0.2) is 33.6 Å². The van der Waals surface area contributed by atoms with Crippen molar-refractivity contribution in [3.8, 4) is 16.7 Å². The van der Waals surface area contributed by atoms with Gasteiger partial charge in [0.05, 0.1) is 11.5 Å². The monoisotopic (exact) mass is 305 g/mol. The minimum Gasteiger partial charge on any atom is -0.464 e. The Morgan fingerprint density at radius 3 is 2.60 bits per heavy atom. The molecule has 0 radical (unpaired) electrons. The number of nitrogens with one attached hydrogen (secondary N) is 1. The largest absolute Gasteiger partial charge is 0.464 e. The van der Waals surface area contributed by atoms with Gasteiger partial charge in [-0.15, -0.1) is 11.3 Å². The third-order valence-electron chi connectivity index (χ3n) is 2.08. The quantitative estimate of drug-likeness (QED) is 0.935. The standard InChI is InChI=1S/C10H10F3N5OS/c1-3-19-9-17-6(16-8(14-2)18-9)5-4-15-7(20-5)10(11,12)13/h4H,3H2,1-2H3,(H,14,16,17,18). The molecule has 20 heavy (non-hydrogen) atoms. The number of alkyl halides is 3. The average molecular weight is 305 g/mol. The molecule has 2 aromatic rings. The number of anilines is 1. The van der Waals surface area contributed by atoms with E-state index in [1.54, 1.807) is 14.0 Å². The van der Waals surface area contributed by atoms with Gasteiger partial charge in [0, 0.05) is 13.2 Å². The SMILES string of the molecule is CCOc1nc(NC)nc(-c2cnc(C(F)(F)F)s2)n1. The summed E-state index contributed by atoms with van der Waals surface area (Å²) in [5, 5.41) is 1.75. The van der Waals surface area contributed by atoms with Crippen LogP contribution in [0, 0.1) is 0 Å². The summed E-state index contributed by atoms with van der Waals surface area (Å²) in [6.45, 7) is 2.08. The molecular formula is C10H10F3N5OS. The lowest BCUT2D eigenvalue weighted by molar-refractivity contribution is -0.137. The summed E-state index contributed by atoms with van der Waals surface area (Å²) in [5.41, 5.74) is 0. The van der Waals surface area contributed by atoms with Crippen LogP contribution in [0.3, 0.4) is 0 Å². The maximum atomic E-state index is 12.5. The van der Waals surface area contributed by atoms with Crippen LogP contribution < -0.4 is 10.1 Å². The van der Waals surface area contributed by atoms with Crippen LogP contribution in [-0.2, 0) is 6.18 Å². The van der Waals surface area contributed by atoms with Crippen molar-refractivity contribution in [3.63, 3.8) is 0 Å². The molecule has 0 atom stereocenters. The normalized spacial score (nSPS) is 11.4. The van der Waals surface area contributed by atoms with Crippen molar-refractivity contribution in [2.24, 2.45) is 0 Å². The Kier molecular flexibility index (Phi) is 4.02. The van der Waals surface area contributed by atoms with Crippen LogP contribution >= 0.6 is 11.3 Å². The fraction of sp³-hybridized carbons (Fsp3) is 0.400. The number of ether oxygens (including phenoxy) is 1. The summed E-state index contributed by atoms with van der Waals surface area (Å²) >= 11 is 0.467. The highest BCUT2D eigenvalue weighted by molar-refractivity contribution is 7.15. The molecule has 0 aliphatic rings. The van der Waals surface area contributed by atoms with Gasteiger partial charge < -0.3 is 10.1 Å². The molecule has 0 aliphatic carbocycles. The van der Waals surface area contributed by atoms with E-state index in [9.17, 15) is 13.2 Å². The minimum atomic E-state index is -4.48. The van der Waals surface area contributed by atoms with Crippen molar-refractivity contribution in [1.29, 1.82) is 0 Å². The van der Waals surface area contributed by atoms with Crippen LogP contribution in [0.15, 0.2) is 6.20 Å². The van der Waals surface area contributed by atoms with Gasteiger partial charge in [-0.1, -0.05) is 0 Å². The van der Waals surface area contributed by atoms with Gasteiger partial charge in [0.15, 0.2) is 10.8 Å². The van der Waals surface area contributed by atoms with Gasteiger partial charge >= 0.3 is 12.2 Å². The second-order valence-corrected chi connectivity index (χ2v) is 4.51. The summed E-state index contributed by atoms with van der Waals surface area (Å²) in [4.78, 5) is 15.4. The van der Waals surface area contributed by atoms with Crippen LogP contribution in [0.4, 0.5) is 19.1 Å². The lowest BCUT2D eigenvalue weighted by Crippen LogP contribution is -2.04. The summed E-state index contributed by atoms with van der Waals surface area (Å²) in [6, 6.07) is 0.0452. The minimum absolute atomic E-state index is 0.0452. The predicted molar refractivity (Wildman–Crippen MR) is 66.7 cm³/mol. The molecule has 0 saturated heterocycles. The van der Waals surface area contributed by atoms with Gasteiger partial charge in [0.2, 0.25) is 5.95 Å². The maximum absolute atomic E-state index is 12.5. The van der Waals surface area contributed by atoms with E-state index in [-0.39, 0.29) is 22.7 Å². The van der Waals surface area contributed by atoms with E-state index in [1.807, 2.05) is 0 Å². The van der Waals surface area contributed by atoms with Crippen molar-refractivity contribution in [3.05, 3.63) is 11.2 Å². The zero-order valence-corrected chi connectivity index (χ0v) is 11.3. The van der Waals surface area contributed by atoms with Crippen LogP contribution in [0.5, 0.6) is 6.01 Å².